The molecule has 1 aromatic carbocycles. The molecular weight excluding hydrogens is 286 g/mol. The number of aryl methyl sites for hydroxylation is 2. The number of anilines is 1. The number of likely N-dealkylation sites (N-methyl/N-ethyl adjacent to an activating group) is 1. The highest BCUT2D eigenvalue weighted by molar-refractivity contribution is 7.89. The Morgan fingerprint density at radius 3 is 2.48 bits per heavy atom. The molecule has 0 atom stereocenters. The van der Waals surface area contributed by atoms with Gasteiger partial charge in [-0.05, 0) is 57.4 Å². The van der Waals surface area contributed by atoms with Crippen molar-refractivity contribution in [2.45, 2.75) is 44.6 Å². The molecule has 0 aromatic heterocycles. The average molecular weight is 311 g/mol. The molecule has 0 radical (unpaired) electrons. The number of sulfonamides is 1. The van der Waals surface area contributed by atoms with E-state index in [1.165, 1.54) is 12.8 Å². The second-order valence-corrected chi connectivity index (χ2v) is 7.69. The molecule has 0 amide bonds. The second kappa shape index (κ2) is 5.94. The fourth-order valence-electron chi connectivity index (χ4n) is 2.72. The molecule has 3 N–H and O–H groups in total. The van der Waals surface area contributed by atoms with Gasteiger partial charge in [0, 0.05) is 24.8 Å². The van der Waals surface area contributed by atoms with Crippen molar-refractivity contribution < 1.29 is 8.42 Å². The molecule has 1 aliphatic carbocycles. The Morgan fingerprint density at radius 1 is 1.29 bits per heavy atom. The summed E-state index contributed by atoms with van der Waals surface area (Å²) in [4.78, 5) is 2.52. The lowest BCUT2D eigenvalue weighted by molar-refractivity contribution is 0.329. The van der Waals surface area contributed by atoms with E-state index in [9.17, 15) is 8.42 Å². The first-order valence-electron chi connectivity index (χ1n) is 7.30. The lowest BCUT2D eigenvalue weighted by Crippen LogP contribution is -2.34. The molecule has 1 aliphatic rings. The molecule has 0 heterocycles. The van der Waals surface area contributed by atoms with Crippen LogP contribution in [-0.4, -0.2) is 39.5 Å². The first-order valence-corrected chi connectivity index (χ1v) is 8.78. The number of rotatable bonds is 6. The standard InChI is InChI=1S/C15H25N3O2S/c1-10-9-11(2)15(12(3)14(10)16)21(19,20)17-7-8-18(4)13-5-6-13/h9,13,17H,5-8,16H2,1-4H3. The number of nitrogens with two attached hydrogens (primary N) is 1. The molecular formula is C15H25N3O2S. The van der Waals surface area contributed by atoms with Gasteiger partial charge in [0.15, 0.2) is 0 Å². The van der Waals surface area contributed by atoms with Crippen molar-refractivity contribution in [1.82, 2.24) is 9.62 Å². The van der Waals surface area contributed by atoms with Crippen LogP contribution in [0.5, 0.6) is 0 Å². The number of nitrogen functional groups attached to an aromatic ring is 1. The van der Waals surface area contributed by atoms with Crippen LogP contribution in [0.4, 0.5) is 5.69 Å². The van der Waals surface area contributed by atoms with Gasteiger partial charge in [0.25, 0.3) is 0 Å². The quantitative estimate of drug-likeness (QED) is 0.782. The van der Waals surface area contributed by atoms with E-state index in [0.717, 1.165) is 17.7 Å². The van der Waals surface area contributed by atoms with E-state index in [0.29, 0.717) is 28.7 Å². The summed E-state index contributed by atoms with van der Waals surface area (Å²) in [5, 5.41) is 0. The third-order valence-corrected chi connectivity index (χ3v) is 5.91. The van der Waals surface area contributed by atoms with Crippen molar-refractivity contribution in [2.75, 3.05) is 25.9 Å². The Labute approximate surface area is 127 Å². The van der Waals surface area contributed by atoms with Gasteiger partial charge >= 0.3 is 0 Å². The van der Waals surface area contributed by atoms with E-state index in [1.54, 1.807) is 6.92 Å². The normalized spacial score (nSPS) is 15.7. The van der Waals surface area contributed by atoms with Crippen molar-refractivity contribution in [3.8, 4) is 0 Å². The first-order chi connectivity index (χ1) is 9.74. The minimum absolute atomic E-state index is 0.319. The molecule has 1 fully saturated rings. The van der Waals surface area contributed by atoms with Crippen molar-refractivity contribution in [2.24, 2.45) is 0 Å². The van der Waals surface area contributed by atoms with Crippen LogP contribution in [0.15, 0.2) is 11.0 Å². The van der Waals surface area contributed by atoms with E-state index >= 15 is 0 Å². The van der Waals surface area contributed by atoms with Crippen LogP contribution in [-0.2, 0) is 10.0 Å². The third kappa shape index (κ3) is 3.56. The lowest BCUT2D eigenvalue weighted by atomic mass is 10.1. The van der Waals surface area contributed by atoms with E-state index in [2.05, 4.69) is 9.62 Å². The third-order valence-electron chi connectivity index (χ3n) is 4.16. The lowest BCUT2D eigenvalue weighted by Gasteiger charge is -2.18. The molecule has 2 rings (SSSR count). The van der Waals surface area contributed by atoms with Crippen LogP contribution in [0.25, 0.3) is 0 Å². The van der Waals surface area contributed by atoms with Gasteiger partial charge in [-0.25, -0.2) is 13.1 Å². The maximum absolute atomic E-state index is 12.5. The zero-order valence-corrected chi connectivity index (χ0v) is 14.0. The summed E-state index contributed by atoms with van der Waals surface area (Å²) in [6.07, 6.45) is 2.44. The largest absolute Gasteiger partial charge is 0.398 e. The predicted octanol–water partition coefficient (Wildman–Crippen LogP) is 1.57. The van der Waals surface area contributed by atoms with Gasteiger partial charge in [0.1, 0.15) is 0 Å². The molecule has 0 saturated heterocycles. The van der Waals surface area contributed by atoms with E-state index in [1.807, 2.05) is 27.0 Å². The molecule has 1 aromatic rings. The zero-order valence-electron chi connectivity index (χ0n) is 13.2. The van der Waals surface area contributed by atoms with Crippen LogP contribution < -0.4 is 10.5 Å². The van der Waals surface area contributed by atoms with Crippen molar-refractivity contribution in [1.29, 1.82) is 0 Å². The molecule has 21 heavy (non-hydrogen) atoms. The van der Waals surface area contributed by atoms with Crippen molar-refractivity contribution >= 4 is 15.7 Å². The smallest absolute Gasteiger partial charge is 0.241 e. The summed E-state index contributed by atoms with van der Waals surface area (Å²) in [7, 11) is -1.48. The summed E-state index contributed by atoms with van der Waals surface area (Å²) in [6, 6.07) is 2.46. The van der Waals surface area contributed by atoms with Gasteiger partial charge in [0.05, 0.1) is 4.90 Å². The van der Waals surface area contributed by atoms with Gasteiger partial charge in [-0.15, -0.1) is 0 Å². The maximum atomic E-state index is 12.5. The Kier molecular flexibility index (Phi) is 4.60. The highest BCUT2D eigenvalue weighted by atomic mass is 32.2. The minimum Gasteiger partial charge on any atom is -0.398 e. The SMILES string of the molecule is Cc1cc(C)c(S(=O)(=O)NCCN(C)C2CC2)c(C)c1N. The monoisotopic (exact) mass is 311 g/mol. The van der Waals surface area contributed by atoms with Gasteiger partial charge in [-0.3, -0.25) is 0 Å². The summed E-state index contributed by atoms with van der Waals surface area (Å²) in [5.41, 5.74) is 8.81. The summed E-state index contributed by atoms with van der Waals surface area (Å²) >= 11 is 0. The Bertz CT molecular complexity index is 637. The van der Waals surface area contributed by atoms with Gasteiger partial charge in [-0.1, -0.05) is 6.07 Å². The topological polar surface area (TPSA) is 75.4 Å². The molecule has 0 aliphatic heterocycles. The molecule has 1 saturated carbocycles. The van der Waals surface area contributed by atoms with E-state index in [4.69, 9.17) is 5.73 Å². The zero-order chi connectivity index (χ0) is 15.8. The Balaban J connectivity index is 2.13. The Morgan fingerprint density at radius 2 is 1.90 bits per heavy atom. The number of hydrogen-bond donors (Lipinski definition) is 2. The number of nitrogens with one attached hydrogen (secondary N) is 1. The second-order valence-electron chi connectivity index (χ2n) is 5.99. The van der Waals surface area contributed by atoms with Crippen LogP contribution >= 0.6 is 0 Å². The van der Waals surface area contributed by atoms with Gasteiger partial charge in [-0.2, -0.15) is 0 Å². The van der Waals surface area contributed by atoms with Crippen LogP contribution in [0.2, 0.25) is 0 Å². The molecule has 6 heteroatoms. The predicted molar refractivity (Wildman–Crippen MR) is 85.9 cm³/mol. The molecule has 0 bridgehead atoms. The molecule has 0 unspecified atom stereocenters. The van der Waals surface area contributed by atoms with Crippen molar-refractivity contribution in [3.05, 3.63) is 22.8 Å². The van der Waals surface area contributed by atoms with Gasteiger partial charge in [0.2, 0.25) is 10.0 Å². The maximum Gasteiger partial charge on any atom is 0.241 e. The van der Waals surface area contributed by atoms with E-state index < -0.39 is 10.0 Å². The summed E-state index contributed by atoms with van der Waals surface area (Å²) < 4.78 is 27.7. The number of hydrogen-bond acceptors (Lipinski definition) is 4. The summed E-state index contributed by atoms with van der Waals surface area (Å²) in [6.45, 7) is 6.61. The summed E-state index contributed by atoms with van der Waals surface area (Å²) in [5.74, 6) is 0. The number of benzene rings is 1. The highest BCUT2D eigenvalue weighted by Gasteiger charge is 2.26. The van der Waals surface area contributed by atoms with Crippen molar-refractivity contribution in [3.63, 3.8) is 0 Å². The van der Waals surface area contributed by atoms with Crippen LogP contribution in [0.1, 0.15) is 29.5 Å². The van der Waals surface area contributed by atoms with E-state index in [-0.39, 0.29) is 0 Å². The van der Waals surface area contributed by atoms with Crippen LogP contribution in [0.3, 0.4) is 0 Å². The van der Waals surface area contributed by atoms with Gasteiger partial charge < -0.3 is 10.6 Å². The minimum atomic E-state index is -3.52. The van der Waals surface area contributed by atoms with Crippen LogP contribution in [0, 0.1) is 20.8 Å². The number of nitrogens with zero attached hydrogens (tertiary/aromatic N) is 1. The first kappa shape index (κ1) is 16.3. The fraction of sp³-hybridized carbons (Fsp3) is 0.600. The highest BCUT2D eigenvalue weighted by Crippen LogP contribution is 2.28. The molecule has 0 spiro atoms. The molecule has 118 valence electrons. The molecule has 5 nitrogen and oxygen atoms in total. The fourth-order valence-corrected chi connectivity index (χ4v) is 4.22. The average Bonchev–Trinajstić information content (AvgIpc) is 3.19. The Hall–Kier alpha value is -1.11.